The van der Waals surface area contributed by atoms with Crippen LogP contribution in [-0.2, 0) is 0 Å². The summed E-state index contributed by atoms with van der Waals surface area (Å²) in [6.07, 6.45) is -0.572. The summed E-state index contributed by atoms with van der Waals surface area (Å²) in [5, 5.41) is 9.39. The molecule has 0 saturated heterocycles. The van der Waals surface area contributed by atoms with Crippen LogP contribution in [0.25, 0.3) is 10.3 Å². The van der Waals surface area contributed by atoms with Crippen molar-refractivity contribution in [3.05, 3.63) is 33.5 Å². The smallest absolute Gasteiger partial charge is 0.396 e. The summed E-state index contributed by atoms with van der Waals surface area (Å²) in [6, 6.07) is 5.28. The van der Waals surface area contributed by atoms with Crippen molar-refractivity contribution in [3.8, 4) is 0 Å². The van der Waals surface area contributed by atoms with Crippen LogP contribution in [0.3, 0.4) is 0 Å². The number of hydrogen-bond donors (Lipinski definition) is 1. The van der Waals surface area contributed by atoms with Crippen LogP contribution in [-0.4, -0.2) is 5.11 Å². The standard InChI is InChI=1S/C9H8O3S/c1-5(10)6-3-2-4-7-8(6)13-9(11)12-7/h2-5,10H,1H3. The summed E-state index contributed by atoms with van der Waals surface area (Å²) in [6.45, 7) is 1.67. The molecular weight excluding hydrogens is 188 g/mol. The normalized spacial score (nSPS) is 13.4. The number of aliphatic hydroxyl groups is 1. The van der Waals surface area contributed by atoms with E-state index in [1.807, 2.05) is 0 Å². The molecule has 0 aliphatic rings. The summed E-state index contributed by atoms with van der Waals surface area (Å²) < 4.78 is 5.65. The van der Waals surface area contributed by atoms with E-state index in [2.05, 4.69) is 0 Å². The molecule has 0 spiro atoms. The van der Waals surface area contributed by atoms with E-state index in [1.54, 1.807) is 25.1 Å². The first-order valence-electron chi connectivity index (χ1n) is 3.89. The van der Waals surface area contributed by atoms with Crippen molar-refractivity contribution in [3.63, 3.8) is 0 Å². The summed E-state index contributed by atoms with van der Waals surface area (Å²) >= 11 is 1.02. The average molecular weight is 196 g/mol. The maximum atomic E-state index is 10.9. The van der Waals surface area contributed by atoms with E-state index in [9.17, 15) is 9.90 Å². The Kier molecular flexibility index (Phi) is 1.94. The zero-order valence-corrected chi connectivity index (χ0v) is 7.80. The van der Waals surface area contributed by atoms with Gasteiger partial charge in [0.25, 0.3) is 0 Å². The Morgan fingerprint density at radius 1 is 1.54 bits per heavy atom. The third-order valence-corrected chi connectivity index (χ3v) is 2.73. The molecule has 0 radical (unpaired) electrons. The van der Waals surface area contributed by atoms with Gasteiger partial charge in [0.1, 0.15) is 5.58 Å². The maximum absolute atomic E-state index is 10.9. The molecule has 68 valence electrons. The molecule has 0 saturated carbocycles. The lowest BCUT2D eigenvalue weighted by Gasteiger charge is -2.03. The van der Waals surface area contributed by atoms with Crippen LogP contribution < -0.4 is 4.94 Å². The first-order valence-corrected chi connectivity index (χ1v) is 4.71. The molecule has 1 heterocycles. The highest BCUT2D eigenvalue weighted by atomic mass is 32.1. The Balaban J connectivity index is 2.82. The SMILES string of the molecule is CC(O)c1cccc2oc(=O)sc12. The second-order valence-corrected chi connectivity index (χ2v) is 3.75. The summed E-state index contributed by atoms with van der Waals surface area (Å²) in [4.78, 5) is 10.6. The molecule has 1 aromatic carbocycles. The second-order valence-electron chi connectivity index (χ2n) is 2.80. The zero-order valence-electron chi connectivity index (χ0n) is 6.98. The minimum atomic E-state index is -0.572. The Hall–Kier alpha value is -1.13. The Labute approximate surface area is 78.2 Å². The summed E-state index contributed by atoms with van der Waals surface area (Å²) in [5.74, 6) is 0. The van der Waals surface area contributed by atoms with Gasteiger partial charge >= 0.3 is 4.94 Å². The van der Waals surface area contributed by atoms with Gasteiger partial charge in [0.2, 0.25) is 0 Å². The quantitative estimate of drug-likeness (QED) is 0.757. The molecule has 2 aromatic rings. The highest BCUT2D eigenvalue weighted by molar-refractivity contribution is 7.16. The van der Waals surface area contributed by atoms with Crippen LogP contribution >= 0.6 is 11.3 Å². The third-order valence-electron chi connectivity index (χ3n) is 1.84. The summed E-state index contributed by atoms with van der Waals surface area (Å²) in [5.41, 5.74) is 1.29. The van der Waals surface area contributed by atoms with Gasteiger partial charge in [-0.05, 0) is 13.0 Å². The highest BCUT2D eigenvalue weighted by Gasteiger charge is 2.10. The van der Waals surface area contributed by atoms with E-state index < -0.39 is 6.10 Å². The fraction of sp³-hybridized carbons (Fsp3) is 0.222. The molecule has 2 rings (SSSR count). The van der Waals surface area contributed by atoms with E-state index in [4.69, 9.17) is 4.42 Å². The van der Waals surface area contributed by atoms with Crippen molar-refractivity contribution >= 4 is 21.6 Å². The largest absolute Gasteiger partial charge is 0.414 e. The van der Waals surface area contributed by atoms with Crippen molar-refractivity contribution in [1.29, 1.82) is 0 Å². The Bertz CT molecular complexity index is 481. The van der Waals surface area contributed by atoms with Gasteiger partial charge in [-0.2, -0.15) is 0 Å². The van der Waals surface area contributed by atoms with Gasteiger partial charge in [0, 0.05) is 5.56 Å². The van der Waals surface area contributed by atoms with E-state index in [-0.39, 0.29) is 4.94 Å². The first-order chi connectivity index (χ1) is 6.18. The van der Waals surface area contributed by atoms with Gasteiger partial charge in [0.15, 0.2) is 0 Å². The van der Waals surface area contributed by atoms with Gasteiger partial charge in [-0.3, -0.25) is 0 Å². The lowest BCUT2D eigenvalue weighted by Crippen LogP contribution is -1.89. The van der Waals surface area contributed by atoms with E-state index in [1.165, 1.54) is 0 Å². The van der Waals surface area contributed by atoms with Crippen molar-refractivity contribution in [2.45, 2.75) is 13.0 Å². The molecule has 3 nitrogen and oxygen atoms in total. The van der Waals surface area contributed by atoms with Crippen LogP contribution in [0.2, 0.25) is 0 Å². The number of aliphatic hydroxyl groups excluding tert-OH is 1. The Morgan fingerprint density at radius 3 is 3.00 bits per heavy atom. The lowest BCUT2D eigenvalue weighted by atomic mass is 10.1. The van der Waals surface area contributed by atoms with E-state index in [0.29, 0.717) is 5.58 Å². The van der Waals surface area contributed by atoms with Gasteiger partial charge in [-0.25, -0.2) is 4.79 Å². The molecule has 0 fully saturated rings. The minimum absolute atomic E-state index is 0.330. The van der Waals surface area contributed by atoms with Crippen LogP contribution in [0, 0.1) is 0 Å². The Morgan fingerprint density at radius 2 is 2.31 bits per heavy atom. The van der Waals surface area contributed by atoms with Gasteiger partial charge < -0.3 is 9.52 Å². The van der Waals surface area contributed by atoms with Crippen molar-refractivity contribution in [2.75, 3.05) is 0 Å². The first kappa shape index (κ1) is 8.47. The molecular formula is C9H8O3S. The summed E-state index contributed by atoms with van der Waals surface area (Å²) in [7, 11) is 0. The molecule has 0 aliphatic heterocycles. The molecule has 13 heavy (non-hydrogen) atoms. The predicted octanol–water partition coefficient (Wildman–Crippen LogP) is 1.91. The fourth-order valence-corrected chi connectivity index (χ4v) is 2.11. The van der Waals surface area contributed by atoms with Crippen LogP contribution in [0.4, 0.5) is 0 Å². The van der Waals surface area contributed by atoms with E-state index >= 15 is 0 Å². The fourth-order valence-electron chi connectivity index (χ4n) is 1.25. The number of benzene rings is 1. The van der Waals surface area contributed by atoms with Crippen molar-refractivity contribution < 1.29 is 9.52 Å². The number of hydrogen-bond acceptors (Lipinski definition) is 4. The molecule has 1 atom stereocenters. The molecule has 0 aliphatic carbocycles. The van der Waals surface area contributed by atoms with Gasteiger partial charge in [-0.15, -0.1) is 0 Å². The monoisotopic (exact) mass is 196 g/mol. The molecule has 0 amide bonds. The number of rotatable bonds is 1. The molecule has 0 bridgehead atoms. The zero-order chi connectivity index (χ0) is 9.42. The van der Waals surface area contributed by atoms with Gasteiger partial charge in [-0.1, -0.05) is 23.5 Å². The topological polar surface area (TPSA) is 50.4 Å². The predicted molar refractivity (Wildman–Crippen MR) is 51.0 cm³/mol. The van der Waals surface area contributed by atoms with Crippen LogP contribution in [0.1, 0.15) is 18.6 Å². The average Bonchev–Trinajstić information content (AvgIpc) is 2.43. The van der Waals surface area contributed by atoms with Crippen LogP contribution in [0.15, 0.2) is 27.4 Å². The molecule has 1 unspecified atom stereocenters. The van der Waals surface area contributed by atoms with Gasteiger partial charge in [0.05, 0.1) is 10.8 Å². The molecule has 1 aromatic heterocycles. The third kappa shape index (κ3) is 1.38. The minimum Gasteiger partial charge on any atom is -0.414 e. The molecule has 4 heteroatoms. The molecule has 1 N–H and O–H groups in total. The maximum Gasteiger partial charge on any atom is 0.396 e. The highest BCUT2D eigenvalue weighted by Crippen LogP contribution is 2.25. The second kappa shape index (κ2) is 2.97. The van der Waals surface area contributed by atoms with E-state index in [0.717, 1.165) is 21.6 Å². The van der Waals surface area contributed by atoms with Crippen LogP contribution in [0.5, 0.6) is 0 Å². The lowest BCUT2D eigenvalue weighted by molar-refractivity contribution is 0.201. The van der Waals surface area contributed by atoms with Crippen molar-refractivity contribution in [2.24, 2.45) is 0 Å². The van der Waals surface area contributed by atoms with Crippen molar-refractivity contribution in [1.82, 2.24) is 0 Å². The number of fused-ring (bicyclic) bond motifs is 1.